The number of carbonyl (C=O) groups excluding carboxylic acids is 12. The maximum Gasteiger partial charge on any atom is 0.537 e. The summed E-state index contributed by atoms with van der Waals surface area (Å²) in [5.41, 5.74) is 0. The third-order valence-corrected chi connectivity index (χ3v) is 7.94. The summed E-state index contributed by atoms with van der Waals surface area (Å²) in [5, 5.41) is -0.189. The smallest absolute Gasteiger partial charge is 0.391 e. The predicted molar refractivity (Wildman–Crippen MR) is 141 cm³/mol. The summed E-state index contributed by atoms with van der Waals surface area (Å²) in [7, 11) is -5.08. The number of amides is 8. The van der Waals surface area contributed by atoms with Crippen molar-refractivity contribution in [2.45, 2.75) is 63.9 Å². The van der Waals surface area contributed by atoms with Crippen LogP contribution < -0.4 is 0 Å². The highest BCUT2D eigenvalue weighted by atomic mass is 32.2. The first-order chi connectivity index (χ1) is 23.9. The molecule has 0 aliphatic carbocycles. The monoisotopic (exact) mass is 750 g/mol. The van der Waals surface area contributed by atoms with E-state index in [4.69, 9.17) is 0 Å². The number of hydrogen-bond acceptors (Lipinski definition) is 22. The average Bonchev–Trinajstić information content (AvgIpc) is 3.73. The summed E-state index contributed by atoms with van der Waals surface area (Å²) in [4.78, 5) is 161. The second-order valence-electron chi connectivity index (χ2n) is 10.1. The van der Waals surface area contributed by atoms with Crippen LogP contribution in [0, 0.1) is 0 Å². The van der Waals surface area contributed by atoms with Gasteiger partial charge in [-0.25, -0.2) is 27.6 Å². The Morgan fingerprint density at radius 1 is 0.412 bits per heavy atom. The van der Waals surface area contributed by atoms with Crippen molar-refractivity contribution in [1.29, 1.82) is 0 Å². The minimum Gasteiger partial charge on any atom is -0.391 e. The molecule has 8 amide bonds. The van der Waals surface area contributed by atoms with Crippen molar-refractivity contribution in [3.63, 3.8) is 0 Å². The largest absolute Gasteiger partial charge is 0.537 e. The fraction of sp³-hybridized carbons (Fsp3) is 0.500. The molecule has 51 heavy (non-hydrogen) atoms. The lowest BCUT2D eigenvalue weighted by atomic mass is 10.4. The maximum atomic E-state index is 13.2. The predicted octanol–water partition coefficient (Wildman–Crippen LogP) is -2.08. The summed E-state index contributed by atoms with van der Waals surface area (Å²) < 4.78 is 44.6. The van der Waals surface area contributed by atoms with E-state index in [-0.39, 0.29) is 71.6 Å². The molecule has 0 saturated carbocycles. The zero-order valence-corrected chi connectivity index (χ0v) is 26.2. The lowest BCUT2D eigenvalue weighted by Crippen LogP contribution is -2.41. The van der Waals surface area contributed by atoms with E-state index >= 15 is 0 Å². The van der Waals surface area contributed by atoms with Gasteiger partial charge in [-0.15, -0.1) is 0 Å². The molecule has 0 radical (unpaired) electrons. The van der Waals surface area contributed by atoms with E-state index in [2.05, 4.69) is 38.3 Å². The van der Waals surface area contributed by atoms with Crippen LogP contribution in [0.15, 0.2) is 0 Å². The number of carbonyl (C=O) groups is 12. The van der Waals surface area contributed by atoms with Gasteiger partial charge in [-0.1, -0.05) is 20.3 Å². The molecular formula is C24H22N4O22S. The average molecular weight is 751 g/mol. The first-order valence-electron chi connectivity index (χ1n) is 14.1. The Hall–Kier alpha value is -6.41. The van der Waals surface area contributed by atoms with Crippen LogP contribution in [0.1, 0.15) is 51.4 Å². The zero-order valence-electron chi connectivity index (χ0n) is 25.4. The number of imide groups is 4. The molecule has 4 heterocycles. The van der Waals surface area contributed by atoms with E-state index in [1.54, 1.807) is 0 Å². The Morgan fingerprint density at radius 2 is 0.588 bits per heavy atom. The molecule has 26 nitrogen and oxygen atoms in total. The van der Waals surface area contributed by atoms with Gasteiger partial charge in [-0.05, 0) is 0 Å². The Balaban J connectivity index is 1.50. The Morgan fingerprint density at radius 3 is 0.765 bits per heavy atom. The molecule has 27 heteroatoms. The molecule has 4 rings (SSSR count). The minimum atomic E-state index is -5.08. The van der Waals surface area contributed by atoms with Crippen LogP contribution in [0.3, 0.4) is 0 Å². The van der Waals surface area contributed by atoms with Crippen LogP contribution in [0.5, 0.6) is 0 Å². The van der Waals surface area contributed by atoms with E-state index in [0.29, 0.717) is 0 Å². The van der Waals surface area contributed by atoms with Gasteiger partial charge in [0, 0.05) is 51.4 Å². The van der Waals surface area contributed by atoms with Crippen molar-refractivity contribution >= 4 is 81.7 Å². The van der Waals surface area contributed by atoms with Gasteiger partial charge >= 0.3 is 24.6 Å². The third kappa shape index (κ3) is 9.83. The van der Waals surface area contributed by atoms with Crippen LogP contribution >= 0.6 is 0 Å². The van der Waals surface area contributed by atoms with Crippen molar-refractivity contribution < 1.29 is 104 Å². The summed E-state index contributed by atoms with van der Waals surface area (Å²) in [5.74, 6) is -11.5. The molecule has 4 aliphatic heterocycles. The van der Waals surface area contributed by atoms with Crippen molar-refractivity contribution in [1.82, 2.24) is 20.3 Å². The Kier molecular flexibility index (Phi) is 11.3. The number of nitrogens with zero attached hydrogens (tertiary/aromatic N) is 4. The van der Waals surface area contributed by atoms with E-state index in [1.165, 1.54) is 0 Å². The van der Waals surface area contributed by atoms with Crippen LogP contribution in [-0.2, 0) is 86.5 Å². The highest BCUT2D eigenvalue weighted by molar-refractivity contribution is 7.91. The van der Waals surface area contributed by atoms with Gasteiger partial charge in [0.1, 0.15) is 11.5 Å². The molecular weight excluding hydrogens is 728 g/mol. The third-order valence-electron chi connectivity index (χ3n) is 6.38. The molecule has 0 spiro atoms. The van der Waals surface area contributed by atoms with Crippen LogP contribution in [-0.4, -0.2) is 125 Å². The lowest BCUT2D eigenvalue weighted by molar-refractivity contribution is -0.193. The fourth-order valence-electron chi connectivity index (χ4n) is 4.11. The second-order valence-corrected chi connectivity index (χ2v) is 12.3. The minimum absolute atomic E-state index is 0.0472. The summed E-state index contributed by atoms with van der Waals surface area (Å²) >= 11 is 0. The molecule has 0 atom stereocenters. The van der Waals surface area contributed by atoms with Crippen molar-refractivity contribution in [2.75, 3.05) is 11.5 Å². The Bertz CT molecular complexity index is 1420. The standard InChI is InChI=1S/C24H22N4O22S/c29-11-1-2-12(30)25(11)47-21(37)43-19(44-22(38)48-26-13(31)3-4-14(26)32)9-51(41,42)10-20(45-23(39)49-27-15(33)5-6-16(27)34)46-24(40)50-28-17(35)7-8-18(28)36/h19-20H,1-10H2. The van der Waals surface area contributed by atoms with Crippen molar-refractivity contribution in [2.24, 2.45) is 0 Å². The van der Waals surface area contributed by atoms with Gasteiger partial charge in [-0.2, -0.15) is 0 Å². The van der Waals surface area contributed by atoms with Crippen LogP contribution in [0.4, 0.5) is 19.2 Å². The quantitative estimate of drug-likeness (QED) is 0.117. The summed E-state index contributed by atoms with van der Waals surface area (Å²) in [6, 6.07) is 0. The lowest BCUT2D eigenvalue weighted by Gasteiger charge is -2.22. The first-order valence-corrected chi connectivity index (χ1v) is 15.9. The van der Waals surface area contributed by atoms with Crippen LogP contribution in [0.2, 0.25) is 0 Å². The zero-order chi connectivity index (χ0) is 37.6. The number of sulfone groups is 1. The van der Waals surface area contributed by atoms with Gasteiger partial charge in [0.25, 0.3) is 59.8 Å². The number of hydrogen-bond donors (Lipinski definition) is 0. The molecule has 4 aliphatic rings. The van der Waals surface area contributed by atoms with E-state index in [0.717, 1.165) is 0 Å². The molecule has 0 unspecified atom stereocenters. The molecule has 0 aromatic heterocycles. The SMILES string of the molecule is O=C(OC(CS(=O)(=O)CC(OC(=O)ON1C(=O)CCC1=O)OC(=O)ON1C(=O)CCC1=O)OC(=O)ON1C(=O)CCC1=O)ON1C(=O)CCC1=O. The van der Waals surface area contributed by atoms with Crippen molar-refractivity contribution in [3.8, 4) is 0 Å². The molecule has 276 valence electrons. The highest BCUT2D eigenvalue weighted by Gasteiger charge is 2.41. The number of rotatable bonds is 12. The van der Waals surface area contributed by atoms with E-state index < -0.39 is 106 Å². The van der Waals surface area contributed by atoms with Crippen LogP contribution in [0.25, 0.3) is 0 Å². The van der Waals surface area contributed by atoms with Crippen molar-refractivity contribution in [3.05, 3.63) is 0 Å². The van der Waals surface area contributed by atoms with Gasteiger partial charge < -0.3 is 18.9 Å². The fourth-order valence-corrected chi connectivity index (χ4v) is 5.35. The maximum absolute atomic E-state index is 13.2. The molecule has 4 fully saturated rings. The first kappa shape index (κ1) is 37.4. The second kappa shape index (κ2) is 15.4. The Labute approximate surface area is 281 Å². The topological polar surface area (TPSA) is 326 Å². The van der Waals surface area contributed by atoms with E-state index in [9.17, 15) is 66.0 Å². The molecule has 0 bridgehead atoms. The molecule has 0 aromatic carbocycles. The van der Waals surface area contributed by atoms with E-state index in [1.807, 2.05) is 0 Å². The summed E-state index contributed by atoms with van der Waals surface area (Å²) in [6.07, 6.45) is -16.5. The number of hydroxylamine groups is 8. The normalized spacial score (nSPS) is 17.9. The summed E-state index contributed by atoms with van der Waals surface area (Å²) in [6.45, 7) is 0. The van der Waals surface area contributed by atoms with Gasteiger partial charge in [-0.3, -0.25) is 57.7 Å². The van der Waals surface area contributed by atoms with Gasteiger partial charge in [0.2, 0.25) is 0 Å². The number of ether oxygens (including phenoxy) is 4. The van der Waals surface area contributed by atoms with Gasteiger partial charge in [0.05, 0.1) is 0 Å². The highest BCUT2D eigenvalue weighted by Crippen LogP contribution is 2.19. The van der Waals surface area contributed by atoms with Gasteiger partial charge in [0.15, 0.2) is 9.84 Å². The molecule has 0 N–H and O–H groups in total. The molecule has 4 saturated heterocycles. The molecule has 0 aromatic rings.